The molecule has 0 bridgehead atoms. The standard InChI is InChI=1S/C12H22N4O.ClH/c1-10(7-13-2)12(17)14-6-4-5-11-8-15-16(3)9-11;/h8-10,13H,4-7H2,1-3H3,(H,14,17);1H. The summed E-state index contributed by atoms with van der Waals surface area (Å²) in [4.78, 5) is 11.6. The van der Waals surface area contributed by atoms with Gasteiger partial charge < -0.3 is 10.6 Å². The van der Waals surface area contributed by atoms with Crippen molar-refractivity contribution < 1.29 is 4.79 Å². The maximum absolute atomic E-state index is 11.6. The fraction of sp³-hybridized carbons (Fsp3) is 0.667. The summed E-state index contributed by atoms with van der Waals surface area (Å²) in [5, 5.41) is 10.0. The molecule has 6 heteroatoms. The van der Waals surface area contributed by atoms with Gasteiger partial charge in [0.05, 0.1) is 6.20 Å². The van der Waals surface area contributed by atoms with Crippen molar-refractivity contribution in [1.29, 1.82) is 0 Å². The van der Waals surface area contributed by atoms with E-state index in [1.807, 2.05) is 33.4 Å². The Balaban J connectivity index is 0.00000289. The number of hydrogen-bond donors (Lipinski definition) is 2. The molecule has 1 aromatic rings. The lowest BCUT2D eigenvalue weighted by Crippen LogP contribution is -2.34. The summed E-state index contributed by atoms with van der Waals surface area (Å²) in [6, 6.07) is 0. The monoisotopic (exact) mass is 274 g/mol. The largest absolute Gasteiger partial charge is 0.356 e. The maximum Gasteiger partial charge on any atom is 0.224 e. The van der Waals surface area contributed by atoms with Crippen molar-refractivity contribution in [2.45, 2.75) is 19.8 Å². The second-order valence-electron chi connectivity index (χ2n) is 4.38. The third kappa shape index (κ3) is 6.02. The van der Waals surface area contributed by atoms with Gasteiger partial charge in [-0.2, -0.15) is 5.10 Å². The predicted octanol–water partition coefficient (Wildman–Crippen LogP) is 0.746. The molecule has 2 N–H and O–H groups in total. The maximum atomic E-state index is 11.6. The van der Waals surface area contributed by atoms with Crippen LogP contribution in [0.3, 0.4) is 0 Å². The van der Waals surface area contributed by atoms with Crippen molar-refractivity contribution in [2.75, 3.05) is 20.1 Å². The zero-order chi connectivity index (χ0) is 12.7. The minimum atomic E-state index is 0. The summed E-state index contributed by atoms with van der Waals surface area (Å²) in [5.74, 6) is 0.143. The fourth-order valence-electron chi connectivity index (χ4n) is 1.68. The van der Waals surface area contributed by atoms with Gasteiger partial charge in [0.1, 0.15) is 0 Å². The van der Waals surface area contributed by atoms with Gasteiger partial charge in [-0.1, -0.05) is 6.92 Å². The Kier molecular flexibility index (Phi) is 8.41. The third-order valence-corrected chi connectivity index (χ3v) is 2.66. The number of aromatic nitrogens is 2. The Hall–Kier alpha value is -1.07. The Morgan fingerprint density at radius 3 is 2.83 bits per heavy atom. The molecule has 0 aromatic carbocycles. The number of halogens is 1. The van der Waals surface area contributed by atoms with Gasteiger partial charge in [-0.3, -0.25) is 9.48 Å². The molecule has 0 saturated heterocycles. The van der Waals surface area contributed by atoms with E-state index in [0.717, 1.165) is 19.4 Å². The van der Waals surface area contributed by atoms with E-state index in [0.29, 0.717) is 6.54 Å². The Bertz CT molecular complexity index is 354. The van der Waals surface area contributed by atoms with Crippen molar-refractivity contribution in [1.82, 2.24) is 20.4 Å². The molecule has 5 nitrogen and oxygen atoms in total. The van der Waals surface area contributed by atoms with E-state index in [1.165, 1.54) is 5.56 Å². The van der Waals surface area contributed by atoms with Crippen LogP contribution in [-0.2, 0) is 18.3 Å². The van der Waals surface area contributed by atoms with Crippen LogP contribution in [0.1, 0.15) is 18.9 Å². The number of nitrogens with one attached hydrogen (secondary N) is 2. The molecule has 0 aliphatic heterocycles. The molecular formula is C12H23ClN4O. The third-order valence-electron chi connectivity index (χ3n) is 2.66. The number of rotatable bonds is 7. The highest BCUT2D eigenvalue weighted by Crippen LogP contribution is 2.00. The summed E-state index contributed by atoms with van der Waals surface area (Å²) in [7, 11) is 3.76. The predicted molar refractivity (Wildman–Crippen MR) is 74.9 cm³/mol. The fourth-order valence-corrected chi connectivity index (χ4v) is 1.68. The van der Waals surface area contributed by atoms with E-state index in [1.54, 1.807) is 4.68 Å². The highest BCUT2D eigenvalue weighted by Gasteiger charge is 2.10. The molecule has 0 fully saturated rings. The van der Waals surface area contributed by atoms with Crippen LogP contribution in [0.4, 0.5) is 0 Å². The zero-order valence-electron chi connectivity index (χ0n) is 11.3. The Morgan fingerprint density at radius 2 is 2.28 bits per heavy atom. The lowest BCUT2D eigenvalue weighted by Gasteiger charge is -2.11. The molecule has 1 aromatic heterocycles. The van der Waals surface area contributed by atoms with E-state index in [4.69, 9.17) is 0 Å². The number of hydrogen-bond acceptors (Lipinski definition) is 3. The summed E-state index contributed by atoms with van der Waals surface area (Å²) < 4.78 is 1.79. The lowest BCUT2D eigenvalue weighted by molar-refractivity contribution is -0.124. The van der Waals surface area contributed by atoms with Crippen molar-refractivity contribution in [3.05, 3.63) is 18.0 Å². The number of nitrogens with zero attached hydrogens (tertiary/aromatic N) is 2. The Morgan fingerprint density at radius 1 is 1.56 bits per heavy atom. The minimum absolute atomic E-state index is 0. The number of carbonyl (C=O) groups excluding carboxylic acids is 1. The molecule has 0 radical (unpaired) electrons. The molecule has 0 saturated carbocycles. The quantitative estimate of drug-likeness (QED) is 0.722. The number of amides is 1. The zero-order valence-corrected chi connectivity index (χ0v) is 12.1. The van der Waals surface area contributed by atoms with Crippen LogP contribution in [-0.4, -0.2) is 35.8 Å². The van der Waals surface area contributed by atoms with E-state index in [9.17, 15) is 4.79 Å². The van der Waals surface area contributed by atoms with Crippen LogP contribution < -0.4 is 10.6 Å². The van der Waals surface area contributed by atoms with Crippen LogP contribution in [0.5, 0.6) is 0 Å². The molecule has 0 spiro atoms. The molecule has 1 rings (SSSR count). The summed E-state index contributed by atoms with van der Waals surface area (Å²) >= 11 is 0. The summed E-state index contributed by atoms with van der Waals surface area (Å²) in [6.07, 6.45) is 5.77. The average Bonchev–Trinajstić information content (AvgIpc) is 2.70. The van der Waals surface area contributed by atoms with Crippen LogP contribution in [0.15, 0.2) is 12.4 Å². The van der Waals surface area contributed by atoms with Crippen LogP contribution >= 0.6 is 12.4 Å². The second kappa shape index (κ2) is 8.94. The van der Waals surface area contributed by atoms with Crippen molar-refractivity contribution >= 4 is 18.3 Å². The van der Waals surface area contributed by atoms with Gasteiger partial charge in [0.2, 0.25) is 5.91 Å². The molecule has 1 amide bonds. The van der Waals surface area contributed by atoms with Crippen molar-refractivity contribution in [2.24, 2.45) is 13.0 Å². The van der Waals surface area contributed by atoms with E-state index in [2.05, 4.69) is 15.7 Å². The van der Waals surface area contributed by atoms with Crippen LogP contribution in [0, 0.1) is 5.92 Å². The van der Waals surface area contributed by atoms with Gasteiger partial charge in [-0.25, -0.2) is 0 Å². The van der Waals surface area contributed by atoms with Gasteiger partial charge in [0, 0.05) is 32.3 Å². The first-order valence-electron chi connectivity index (χ1n) is 6.03. The number of carbonyl (C=O) groups is 1. The first-order valence-corrected chi connectivity index (χ1v) is 6.03. The highest BCUT2D eigenvalue weighted by atomic mass is 35.5. The SMILES string of the molecule is CNCC(C)C(=O)NCCCc1cnn(C)c1.Cl. The van der Waals surface area contributed by atoms with E-state index >= 15 is 0 Å². The molecule has 1 heterocycles. The molecule has 1 unspecified atom stereocenters. The van der Waals surface area contributed by atoms with Gasteiger partial charge in [-0.15, -0.1) is 12.4 Å². The smallest absolute Gasteiger partial charge is 0.224 e. The van der Waals surface area contributed by atoms with E-state index < -0.39 is 0 Å². The van der Waals surface area contributed by atoms with Crippen molar-refractivity contribution in [3.63, 3.8) is 0 Å². The first kappa shape index (κ1) is 16.9. The highest BCUT2D eigenvalue weighted by molar-refractivity contribution is 5.85. The molecule has 0 aliphatic rings. The molecular weight excluding hydrogens is 252 g/mol. The second-order valence-corrected chi connectivity index (χ2v) is 4.38. The topological polar surface area (TPSA) is 59.0 Å². The summed E-state index contributed by atoms with van der Waals surface area (Å²) in [6.45, 7) is 3.36. The Labute approximate surface area is 115 Å². The molecule has 1 atom stereocenters. The van der Waals surface area contributed by atoms with Crippen molar-refractivity contribution in [3.8, 4) is 0 Å². The van der Waals surface area contributed by atoms with Gasteiger partial charge in [0.25, 0.3) is 0 Å². The summed E-state index contributed by atoms with van der Waals surface area (Å²) in [5.41, 5.74) is 1.21. The molecule has 0 aliphatic carbocycles. The van der Waals surface area contributed by atoms with Gasteiger partial charge in [-0.05, 0) is 25.5 Å². The molecule has 104 valence electrons. The molecule has 18 heavy (non-hydrogen) atoms. The lowest BCUT2D eigenvalue weighted by atomic mass is 10.1. The van der Waals surface area contributed by atoms with Gasteiger partial charge in [0.15, 0.2) is 0 Å². The number of aryl methyl sites for hydroxylation is 2. The van der Waals surface area contributed by atoms with Crippen LogP contribution in [0.25, 0.3) is 0 Å². The first-order chi connectivity index (χ1) is 8.13. The van der Waals surface area contributed by atoms with E-state index in [-0.39, 0.29) is 24.2 Å². The minimum Gasteiger partial charge on any atom is -0.356 e. The van der Waals surface area contributed by atoms with Crippen LogP contribution in [0.2, 0.25) is 0 Å². The van der Waals surface area contributed by atoms with Gasteiger partial charge >= 0.3 is 0 Å². The average molecular weight is 275 g/mol. The normalized spacial score (nSPS) is 11.7.